The fourth-order valence-electron chi connectivity index (χ4n) is 10.4. The summed E-state index contributed by atoms with van der Waals surface area (Å²) in [7, 11) is 0. The lowest BCUT2D eigenvalue weighted by atomic mass is 9.50. The number of ether oxygens (including phenoxy) is 4. The number of esters is 2. The number of hydrogen-bond acceptors (Lipinski definition) is 7. The van der Waals surface area contributed by atoms with Crippen LogP contribution >= 0.6 is 0 Å². The number of carbonyl (C=O) groups is 2. The van der Waals surface area contributed by atoms with Crippen LogP contribution in [0.2, 0.25) is 0 Å². The lowest BCUT2D eigenvalue weighted by molar-refractivity contribution is -0.205. The second kappa shape index (κ2) is 10.2. The van der Waals surface area contributed by atoms with Gasteiger partial charge in [0.05, 0.1) is 6.10 Å². The van der Waals surface area contributed by atoms with Crippen molar-refractivity contribution in [3.63, 3.8) is 0 Å². The quantitative estimate of drug-likeness (QED) is 0.366. The average Bonchev–Trinajstić information content (AvgIpc) is 2.92. The maximum atomic E-state index is 13.1. The molecule has 8 bridgehead atoms. The Balaban J connectivity index is 0.983. The van der Waals surface area contributed by atoms with E-state index in [1.807, 2.05) is 0 Å². The van der Waals surface area contributed by atoms with Crippen molar-refractivity contribution in [2.45, 2.75) is 102 Å². The van der Waals surface area contributed by atoms with Gasteiger partial charge < -0.3 is 24.1 Å². The van der Waals surface area contributed by atoms with Crippen molar-refractivity contribution < 1.29 is 33.6 Å². The zero-order valence-electron chi connectivity index (χ0n) is 24.8. The number of benzene rings is 1. The Labute approximate surface area is 243 Å². The minimum atomic E-state index is -0.716. The van der Waals surface area contributed by atoms with E-state index in [2.05, 4.69) is 13.8 Å². The van der Waals surface area contributed by atoms with Crippen LogP contribution in [0.25, 0.3) is 0 Å². The predicted octanol–water partition coefficient (Wildman–Crippen LogP) is 6.01. The molecule has 8 fully saturated rings. The zero-order chi connectivity index (χ0) is 28.5. The maximum absolute atomic E-state index is 13.1. The summed E-state index contributed by atoms with van der Waals surface area (Å²) < 4.78 is 24.2. The second-order valence-corrected chi connectivity index (χ2v) is 14.9. The highest BCUT2D eigenvalue weighted by molar-refractivity contribution is 5.73. The molecule has 1 N–H and O–H groups in total. The van der Waals surface area contributed by atoms with E-state index in [-0.39, 0.29) is 25.2 Å². The van der Waals surface area contributed by atoms with Crippen molar-refractivity contribution in [1.29, 1.82) is 0 Å². The van der Waals surface area contributed by atoms with Gasteiger partial charge in [0.25, 0.3) is 0 Å². The molecule has 9 rings (SSSR count). The Morgan fingerprint density at radius 2 is 1.10 bits per heavy atom. The van der Waals surface area contributed by atoms with Crippen LogP contribution in [0.1, 0.15) is 96.6 Å². The van der Waals surface area contributed by atoms with E-state index in [1.54, 1.807) is 25.1 Å². The third kappa shape index (κ3) is 4.94. The minimum absolute atomic E-state index is 0.236. The van der Waals surface area contributed by atoms with Crippen LogP contribution in [0, 0.1) is 47.3 Å². The molecule has 1 aromatic carbocycles. The molecule has 0 aliphatic heterocycles. The van der Waals surface area contributed by atoms with Gasteiger partial charge in [-0.05, 0) is 150 Å². The van der Waals surface area contributed by atoms with E-state index in [0.29, 0.717) is 40.7 Å². The van der Waals surface area contributed by atoms with Gasteiger partial charge in [0.2, 0.25) is 0 Å². The molecule has 8 aliphatic carbocycles. The molecule has 0 aromatic heterocycles. The Morgan fingerprint density at radius 3 is 1.49 bits per heavy atom. The molecule has 8 aliphatic rings. The van der Waals surface area contributed by atoms with E-state index >= 15 is 0 Å². The molecule has 8 saturated carbocycles. The van der Waals surface area contributed by atoms with Crippen molar-refractivity contribution in [1.82, 2.24) is 0 Å². The molecule has 0 saturated heterocycles. The number of hydrogen-bond donors (Lipinski definition) is 1. The van der Waals surface area contributed by atoms with Crippen molar-refractivity contribution in [3.8, 4) is 11.5 Å². The molecular formula is C34H46O7. The third-order valence-electron chi connectivity index (χ3n) is 12.3. The highest BCUT2D eigenvalue weighted by Gasteiger charge is 2.58. The summed E-state index contributed by atoms with van der Waals surface area (Å²) in [5.74, 6) is 4.81. The second-order valence-electron chi connectivity index (χ2n) is 14.9. The lowest BCUT2D eigenvalue weighted by Gasteiger charge is -2.59. The molecule has 1 aromatic rings. The molecule has 0 heterocycles. The van der Waals surface area contributed by atoms with Crippen LogP contribution in [0.4, 0.5) is 0 Å². The normalized spacial score (nSPS) is 42.1. The van der Waals surface area contributed by atoms with Crippen LogP contribution in [0.15, 0.2) is 18.2 Å². The minimum Gasteiger partial charge on any atom is -0.478 e. The molecule has 0 radical (unpaired) electrons. The summed E-state index contributed by atoms with van der Waals surface area (Å²) in [6.45, 7) is 5.43. The monoisotopic (exact) mass is 566 g/mol. The van der Waals surface area contributed by atoms with Gasteiger partial charge in [-0.2, -0.15) is 0 Å². The molecule has 224 valence electrons. The van der Waals surface area contributed by atoms with E-state index in [9.17, 15) is 14.7 Å². The largest absolute Gasteiger partial charge is 0.478 e. The molecule has 0 amide bonds. The smallest absolute Gasteiger partial charge is 0.344 e. The fraction of sp³-hybridized carbons (Fsp3) is 0.765. The van der Waals surface area contributed by atoms with Crippen molar-refractivity contribution in [2.75, 3.05) is 13.2 Å². The van der Waals surface area contributed by atoms with Gasteiger partial charge in [-0.3, -0.25) is 0 Å². The van der Waals surface area contributed by atoms with E-state index in [0.717, 1.165) is 75.0 Å². The van der Waals surface area contributed by atoms with Gasteiger partial charge in [-0.1, -0.05) is 6.07 Å². The summed E-state index contributed by atoms with van der Waals surface area (Å²) in [6.07, 6.45) is 11.2. The topological polar surface area (TPSA) is 91.3 Å². The van der Waals surface area contributed by atoms with Crippen LogP contribution in [0.3, 0.4) is 0 Å². The zero-order valence-corrected chi connectivity index (χ0v) is 24.8. The van der Waals surface area contributed by atoms with E-state index in [4.69, 9.17) is 18.9 Å². The predicted molar refractivity (Wildman–Crippen MR) is 151 cm³/mol. The summed E-state index contributed by atoms with van der Waals surface area (Å²) in [5, 5.41) is 10.2. The van der Waals surface area contributed by atoms with Crippen molar-refractivity contribution in [3.05, 3.63) is 23.8 Å². The standard InChI is InChI=1S/C34H46O7/c1-19(35)24-4-5-29(38-17-31(36)40-33(2)25-8-20-6-21(10-25)11-26(33)9-20)30(16-24)39-18-32(37)41-34(3)27-12-22-7-23(14-27)15-28(34)13-22/h4-5,16,19-23,25-28,35H,6-15,17-18H2,1-3H3. The summed E-state index contributed by atoms with van der Waals surface area (Å²) in [6, 6.07) is 5.09. The SMILES string of the molecule is CC(O)c1ccc(OCC(=O)OC2(C)C3CC4CC(C3)CC2C4)c(OCC(=O)OC2(C)C3CC4CC(C3)CC2C4)c1. The summed E-state index contributed by atoms with van der Waals surface area (Å²) >= 11 is 0. The Kier molecular flexibility index (Phi) is 6.83. The first kappa shape index (κ1) is 27.5. The first-order valence-corrected chi connectivity index (χ1v) is 16.1. The van der Waals surface area contributed by atoms with Gasteiger partial charge in [-0.15, -0.1) is 0 Å². The van der Waals surface area contributed by atoms with Gasteiger partial charge in [0.15, 0.2) is 24.7 Å². The highest BCUT2D eigenvalue weighted by atomic mass is 16.6. The van der Waals surface area contributed by atoms with Gasteiger partial charge in [0.1, 0.15) is 11.2 Å². The van der Waals surface area contributed by atoms with Crippen LogP contribution < -0.4 is 9.47 Å². The van der Waals surface area contributed by atoms with Gasteiger partial charge in [-0.25, -0.2) is 9.59 Å². The first-order chi connectivity index (χ1) is 19.6. The maximum Gasteiger partial charge on any atom is 0.344 e. The van der Waals surface area contributed by atoms with Gasteiger partial charge in [0, 0.05) is 0 Å². The van der Waals surface area contributed by atoms with Crippen LogP contribution in [-0.2, 0) is 19.1 Å². The number of aliphatic hydroxyl groups excluding tert-OH is 1. The third-order valence-corrected chi connectivity index (χ3v) is 12.3. The molecule has 7 nitrogen and oxygen atoms in total. The number of aliphatic hydroxyl groups is 1. The fourth-order valence-corrected chi connectivity index (χ4v) is 10.4. The Morgan fingerprint density at radius 1 is 0.707 bits per heavy atom. The Bertz CT molecular complexity index is 1130. The van der Waals surface area contributed by atoms with Crippen LogP contribution in [0.5, 0.6) is 11.5 Å². The Hall–Kier alpha value is -2.28. The molecule has 1 atom stereocenters. The van der Waals surface area contributed by atoms with Crippen LogP contribution in [-0.4, -0.2) is 41.5 Å². The molecular weight excluding hydrogens is 520 g/mol. The van der Waals surface area contributed by atoms with Crippen molar-refractivity contribution in [2.24, 2.45) is 47.3 Å². The summed E-state index contributed by atoms with van der Waals surface area (Å²) in [4.78, 5) is 26.1. The van der Waals surface area contributed by atoms with E-state index < -0.39 is 17.3 Å². The first-order valence-electron chi connectivity index (χ1n) is 16.1. The van der Waals surface area contributed by atoms with Crippen molar-refractivity contribution >= 4 is 11.9 Å². The average molecular weight is 567 g/mol. The molecule has 7 heteroatoms. The molecule has 41 heavy (non-hydrogen) atoms. The number of carbonyl (C=O) groups excluding carboxylic acids is 2. The summed E-state index contributed by atoms with van der Waals surface area (Å²) in [5.41, 5.74) is -0.203. The number of rotatable bonds is 9. The lowest BCUT2D eigenvalue weighted by Crippen LogP contribution is -2.58. The van der Waals surface area contributed by atoms with Gasteiger partial charge >= 0.3 is 11.9 Å². The molecule has 1 unspecified atom stereocenters. The highest BCUT2D eigenvalue weighted by Crippen LogP contribution is 2.60. The van der Waals surface area contributed by atoms with E-state index in [1.165, 1.54) is 12.8 Å². The molecule has 0 spiro atoms.